The molecule has 0 aliphatic carbocycles. The Labute approximate surface area is 119 Å². The summed E-state index contributed by atoms with van der Waals surface area (Å²) < 4.78 is 13.2. The normalized spacial score (nSPS) is 10.0. The largest absolute Gasteiger partial charge is 0.397 e. The van der Waals surface area contributed by atoms with Gasteiger partial charge in [-0.15, -0.1) is 0 Å². The molecule has 0 aromatic heterocycles. The number of nitrogens with one attached hydrogen (secondary N) is 1. The molecule has 0 radical (unpaired) electrons. The van der Waals surface area contributed by atoms with Crippen molar-refractivity contribution in [3.63, 3.8) is 0 Å². The quantitative estimate of drug-likeness (QED) is 0.811. The van der Waals surface area contributed by atoms with Crippen molar-refractivity contribution in [1.29, 1.82) is 5.26 Å². The van der Waals surface area contributed by atoms with Gasteiger partial charge in [0.15, 0.2) is 0 Å². The van der Waals surface area contributed by atoms with Crippen LogP contribution in [0.15, 0.2) is 30.3 Å². The van der Waals surface area contributed by atoms with E-state index in [0.29, 0.717) is 27.1 Å². The first-order valence-electron chi connectivity index (χ1n) is 5.22. The lowest BCUT2D eigenvalue weighted by Crippen LogP contribution is -1.97. The second-order valence-electron chi connectivity index (χ2n) is 3.78. The summed E-state index contributed by atoms with van der Waals surface area (Å²) >= 11 is 11.7. The molecule has 0 aliphatic heterocycles. The molecule has 2 aromatic carbocycles. The van der Waals surface area contributed by atoms with E-state index in [1.54, 1.807) is 12.1 Å². The van der Waals surface area contributed by atoms with Crippen LogP contribution in [0.25, 0.3) is 0 Å². The zero-order valence-corrected chi connectivity index (χ0v) is 11.1. The Balaban J connectivity index is 2.37. The number of halogens is 3. The summed E-state index contributed by atoms with van der Waals surface area (Å²) in [6.07, 6.45) is 0. The molecule has 0 saturated heterocycles. The Morgan fingerprint density at radius 2 is 1.84 bits per heavy atom. The molecule has 2 aromatic rings. The molecule has 0 atom stereocenters. The second kappa shape index (κ2) is 5.35. The summed E-state index contributed by atoms with van der Waals surface area (Å²) in [6.45, 7) is 0. The number of anilines is 3. The van der Waals surface area contributed by atoms with Crippen LogP contribution in [0.1, 0.15) is 5.56 Å². The Bertz CT molecular complexity index is 680. The van der Waals surface area contributed by atoms with Gasteiger partial charge in [-0.2, -0.15) is 5.26 Å². The number of nitriles is 1. The van der Waals surface area contributed by atoms with Gasteiger partial charge in [0.05, 0.1) is 27.0 Å². The molecule has 0 fully saturated rings. The predicted molar refractivity (Wildman–Crippen MR) is 75.3 cm³/mol. The summed E-state index contributed by atoms with van der Waals surface area (Å²) in [5.74, 6) is -0.574. The van der Waals surface area contributed by atoms with Crippen LogP contribution in [-0.2, 0) is 0 Å². The van der Waals surface area contributed by atoms with Crippen molar-refractivity contribution in [2.24, 2.45) is 0 Å². The van der Waals surface area contributed by atoms with Crippen molar-refractivity contribution in [1.82, 2.24) is 0 Å². The number of hydrogen-bond donors (Lipinski definition) is 2. The fraction of sp³-hybridized carbons (Fsp3) is 0. The molecule has 2 rings (SSSR count). The highest BCUT2D eigenvalue weighted by Gasteiger charge is 2.07. The van der Waals surface area contributed by atoms with E-state index in [-0.39, 0.29) is 5.56 Å². The van der Waals surface area contributed by atoms with Crippen LogP contribution >= 0.6 is 23.2 Å². The maximum atomic E-state index is 13.2. The lowest BCUT2D eigenvalue weighted by Gasteiger charge is -2.11. The van der Waals surface area contributed by atoms with E-state index in [1.165, 1.54) is 24.3 Å². The number of rotatable bonds is 2. The van der Waals surface area contributed by atoms with Gasteiger partial charge in [-0.1, -0.05) is 23.2 Å². The second-order valence-corrected chi connectivity index (χ2v) is 4.60. The molecule has 3 nitrogen and oxygen atoms in total. The van der Waals surface area contributed by atoms with E-state index in [0.717, 1.165) is 0 Å². The van der Waals surface area contributed by atoms with Gasteiger partial charge in [0.1, 0.15) is 11.9 Å². The molecule has 0 aliphatic rings. The molecule has 3 N–H and O–H groups in total. The highest BCUT2D eigenvalue weighted by Crippen LogP contribution is 2.32. The zero-order valence-electron chi connectivity index (χ0n) is 9.55. The maximum Gasteiger partial charge on any atom is 0.141 e. The SMILES string of the molecule is N#Cc1cc(Nc2cc(Cl)c(Cl)cc2N)ccc1F. The molecular weight excluding hydrogens is 288 g/mol. The minimum Gasteiger partial charge on any atom is -0.397 e. The fourth-order valence-electron chi connectivity index (χ4n) is 1.51. The van der Waals surface area contributed by atoms with Gasteiger partial charge in [0, 0.05) is 5.69 Å². The third-order valence-corrected chi connectivity index (χ3v) is 3.18. The van der Waals surface area contributed by atoms with Gasteiger partial charge in [0.2, 0.25) is 0 Å². The molecule has 0 amide bonds. The highest BCUT2D eigenvalue weighted by atomic mass is 35.5. The van der Waals surface area contributed by atoms with Crippen molar-refractivity contribution < 1.29 is 4.39 Å². The van der Waals surface area contributed by atoms with E-state index in [4.69, 9.17) is 34.2 Å². The van der Waals surface area contributed by atoms with Crippen molar-refractivity contribution in [3.05, 3.63) is 51.8 Å². The Morgan fingerprint density at radius 1 is 1.16 bits per heavy atom. The van der Waals surface area contributed by atoms with Crippen LogP contribution in [0.3, 0.4) is 0 Å². The van der Waals surface area contributed by atoms with Crippen LogP contribution in [0.5, 0.6) is 0 Å². The third kappa shape index (κ3) is 2.90. The summed E-state index contributed by atoms with van der Waals surface area (Å²) in [6, 6.07) is 8.93. The van der Waals surface area contributed by atoms with Gasteiger partial charge >= 0.3 is 0 Å². The zero-order chi connectivity index (χ0) is 14.0. The average Bonchev–Trinajstić information content (AvgIpc) is 2.38. The molecule has 19 heavy (non-hydrogen) atoms. The monoisotopic (exact) mass is 295 g/mol. The molecule has 0 saturated carbocycles. The predicted octanol–water partition coefficient (Wildman–Crippen LogP) is 4.33. The maximum absolute atomic E-state index is 13.2. The summed E-state index contributed by atoms with van der Waals surface area (Å²) in [5, 5.41) is 12.4. The fourth-order valence-corrected chi connectivity index (χ4v) is 1.85. The minimum atomic E-state index is -0.574. The van der Waals surface area contributed by atoms with Crippen molar-refractivity contribution in [3.8, 4) is 6.07 Å². The Kier molecular flexibility index (Phi) is 3.79. The summed E-state index contributed by atoms with van der Waals surface area (Å²) in [4.78, 5) is 0. The molecule has 96 valence electrons. The molecule has 6 heteroatoms. The Morgan fingerprint density at radius 3 is 2.53 bits per heavy atom. The van der Waals surface area contributed by atoms with Crippen LogP contribution in [0.2, 0.25) is 10.0 Å². The smallest absolute Gasteiger partial charge is 0.141 e. The lowest BCUT2D eigenvalue weighted by atomic mass is 10.2. The van der Waals surface area contributed by atoms with Gasteiger partial charge in [-0.25, -0.2) is 4.39 Å². The van der Waals surface area contributed by atoms with E-state index >= 15 is 0 Å². The van der Waals surface area contributed by atoms with Gasteiger partial charge in [-0.3, -0.25) is 0 Å². The highest BCUT2D eigenvalue weighted by molar-refractivity contribution is 6.42. The van der Waals surface area contributed by atoms with Crippen molar-refractivity contribution >= 4 is 40.3 Å². The Hall–Kier alpha value is -1.96. The van der Waals surface area contributed by atoms with Crippen LogP contribution in [0, 0.1) is 17.1 Å². The first-order valence-corrected chi connectivity index (χ1v) is 5.98. The minimum absolute atomic E-state index is 0.0522. The van der Waals surface area contributed by atoms with Crippen molar-refractivity contribution in [2.45, 2.75) is 0 Å². The topological polar surface area (TPSA) is 61.8 Å². The van der Waals surface area contributed by atoms with Crippen LogP contribution in [0.4, 0.5) is 21.5 Å². The van der Waals surface area contributed by atoms with E-state index in [1.807, 2.05) is 0 Å². The number of hydrogen-bond acceptors (Lipinski definition) is 3. The number of nitrogen functional groups attached to an aromatic ring is 1. The standard InChI is InChI=1S/C13H8Cl2FN3/c14-9-4-12(18)13(5-10(9)15)19-8-1-2-11(16)7(3-8)6-17/h1-5,19H,18H2. The van der Waals surface area contributed by atoms with Crippen LogP contribution < -0.4 is 11.1 Å². The lowest BCUT2D eigenvalue weighted by molar-refractivity contribution is 0.624. The first kappa shape index (κ1) is 13.5. The van der Waals surface area contributed by atoms with Gasteiger partial charge < -0.3 is 11.1 Å². The number of nitrogens with zero attached hydrogens (tertiary/aromatic N) is 1. The van der Waals surface area contributed by atoms with E-state index < -0.39 is 5.82 Å². The average molecular weight is 296 g/mol. The number of benzene rings is 2. The molecule has 0 spiro atoms. The molecule has 0 heterocycles. The molecular formula is C13H8Cl2FN3. The van der Waals surface area contributed by atoms with Gasteiger partial charge in [-0.05, 0) is 30.3 Å². The van der Waals surface area contributed by atoms with E-state index in [2.05, 4.69) is 5.32 Å². The summed E-state index contributed by atoms with van der Waals surface area (Å²) in [7, 11) is 0. The van der Waals surface area contributed by atoms with Gasteiger partial charge in [0.25, 0.3) is 0 Å². The molecule has 0 unspecified atom stereocenters. The van der Waals surface area contributed by atoms with E-state index in [9.17, 15) is 4.39 Å². The first-order chi connectivity index (χ1) is 9.01. The molecule has 0 bridgehead atoms. The van der Waals surface area contributed by atoms with Crippen molar-refractivity contribution in [2.75, 3.05) is 11.1 Å². The number of nitrogens with two attached hydrogens (primary N) is 1. The summed E-state index contributed by atoms with van der Waals surface area (Å²) in [5.41, 5.74) is 7.20. The third-order valence-electron chi connectivity index (χ3n) is 2.46. The van der Waals surface area contributed by atoms with Crippen LogP contribution in [-0.4, -0.2) is 0 Å².